The number of nitrogens with one attached hydrogen (secondary N) is 2. The minimum absolute atomic E-state index is 0.182. The quantitative estimate of drug-likeness (QED) is 0.777. The molecule has 0 aliphatic carbocycles. The van der Waals surface area contributed by atoms with Crippen molar-refractivity contribution in [3.8, 4) is 0 Å². The van der Waals surface area contributed by atoms with Gasteiger partial charge in [0, 0.05) is 38.2 Å². The lowest BCUT2D eigenvalue weighted by Gasteiger charge is -2.04. The molecule has 0 atom stereocenters. The van der Waals surface area contributed by atoms with Gasteiger partial charge in [-0.15, -0.1) is 0 Å². The van der Waals surface area contributed by atoms with Gasteiger partial charge in [-0.25, -0.2) is 13.1 Å². The van der Waals surface area contributed by atoms with E-state index in [0.717, 1.165) is 12.2 Å². The molecule has 0 aromatic carbocycles. The summed E-state index contributed by atoms with van der Waals surface area (Å²) in [6.45, 7) is 3.52. The summed E-state index contributed by atoms with van der Waals surface area (Å²) in [6, 6.07) is 3.48. The highest BCUT2D eigenvalue weighted by Crippen LogP contribution is 2.15. The van der Waals surface area contributed by atoms with Crippen molar-refractivity contribution in [3.63, 3.8) is 0 Å². The number of rotatable bonds is 7. The van der Waals surface area contributed by atoms with E-state index in [2.05, 4.69) is 15.1 Å². The van der Waals surface area contributed by atoms with Crippen LogP contribution in [0.25, 0.3) is 0 Å². The van der Waals surface area contributed by atoms with Crippen molar-refractivity contribution < 1.29 is 8.42 Å². The number of aromatic nitrogens is 3. The molecule has 2 heterocycles. The monoisotopic (exact) mass is 311 g/mol. The van der Waals surface area contributed by atoms with Crippen molar-refractivity contribution in [2.45, 2.75) is 31.5 Å². The summed E-state index contributed by atoms with van der Waals surface area (Å²) in [5, 5.41) is 7.19. The van der Waals surface area contributed by atoms with Crippen LogP contribution in [-0.4, -0.2) is 29.8 Å². The Morgan fingerprint density at radius 3 is 2.67 bits per heavy atom. The third kappa shape index (κ3) is 3.72. The lowest BCUT2D eigenvalue weighted by Crippen LogP contribution is -2.23. The Labute approximate surface area is 125 Å². The zero-order valence-corrected chi connectivity index (χ0v) is 13.3. The molecule has 0 radical (unpaired) electrons. The van der Waals surface area contributed by atoms with Crippen LogP contribution in [-0.2, 0) is 36.7 Å². The molecule has 7 nitrogen and oxygen atoms in total. The number of hydrogen-bond donors (Lipinski definition) is 2. The van der Waals surface area contributed by atoms with Crippen LogP contribution >= 0.6 is 0 Å². The highest BCUT2D eigenvalue weighted by Gasteiger charge is 2.18. The second-order valence-corrected chi connectivity index (χ2v) is 6.56. The van der Waals surface area contributed by atoms with Crippen molar-refractivity contribution in [2.75, 3.05) is 7.05 Å². The molecule has 0 unspecified atom stereocenters. The molecule has 2 aromatic rings. The molecule has 0 amide bonds. The molecule has 2 rings (SSSR count). The molecule has 0 fully saturated rings. The first kappa shape index (κ1) is 15.7. The Balaban J connectivity index is 2.15. The van der Waals surface area contributed by atoms with E-state index in [1.165, 1.54) is 0 Å². The summed E-state index contributed by atoms with van der Waals surface area (Å²) in [5.41, 5.74) is 1.63. The van der Waals surface area contributed by atoms with Gasteiger partial charge >= 0.3 is 0 Å². The summed E-state index contributed by atoms with van der Waals surface area (Å²) in [5.74, 6) is 0. The second-order valence-electron chi connectivity index (χ2n) is 4.79. The van der Waals surface area contributed by atoms with Crippen molar-refractivity contribution >= 4 is 10.0 Å². The fraction of sp³-hybridized carbons (Fsp3) is 0.462. The van der Waals surface area contributed by atoms with Crippen LogP contribution in [0.5, 0.6) is 0 Å². The molecule has 0 bridgehead atoms. The SMILES string of the molecule is CCn1cc(S(=O)(=O)NCc2ccn(C)n2)cc1CNC. The molecule has 0 saturated heterocycles. The molecular weight excluding hydrogens is 290 g/mol. The maximum absolute atomic E-state index is 12.3. The van der Waals surface area contributed by atoms with E-state index in [0.29, 0.717) is 12.2 Å². The zero-order valence-electron chi connectivity index (χ0n) is 12.5. The van der Waals surface area contributed by atoms with Crippen LogP contribution < -0.4 is 10.0 Å². The summed E-state index contributed by atoms with van der Waals surface area (Å²) < 4.78 is 30.8. The Bertz CT molecular complexity index is 702. The van der Waals surface area contributed by atoms with Crippen LogP contribution in [0.3, 0.4) is 0 Å². The third-order valence-electron chi connectivity index (χ3n) is 3.18. The van der Waals surface area contributed by atoms with Gasteiger partial charge in [0.2, 0.25) is 10.0 Å². The van der Waals surface area contributed by atoms with E-state index in [9.17, 15) is 8.42 Å². The van der Waals surface area contributed by atoms with E-state index < -0.39 is 10.0 Å². The van der Waals surface area contributed by atoms with E-state index >= 15 is 0 Å². The van der Waals surface area contributed by atoms with Crippen LogP contribution in [0.4, 0.5) is 0 Å². The van der Waals surface area contributed by atoms with Gasteiger partial charge < -0.3 is 9.88 Å². The molecule has 0 saturated carbocycles. The van der Waals surface area contributed by atoms with Crippen LogP contribution in [0.1, 0.15) is 18.3 Å². The van der Waals surface area contributed by atoms with Gasteiger partial charge in [-0.1, -0.05) is 0 Å². The molecule has 0 aliphatic heterocycles. The number of sulfonamides is 1. The second kappa shape index (κ2) is 6.42. The van der Waals surface area contributed by atoms with Gasteiger partial charge in [0.15, 0.2) is 0 Å². The number of aryl methyl sites for hydroxylation is 2. The lowest BCUT2D eigenvalue weighted by molar-refractivity contribution is 0.579. The summed E-state index contributed by atoms with van der Waals surface area (Å²) in [7, 11) is 0.102. The predicted molar refractivity (Wildman–Crippen MR) is 80.1 cm³/mol. The van der Waals surface area contributed by atoms with Crippen LogP contribution in [0, 0.1) is 0 Å². The number of hydrogen-bond acceptors (Lipinski definition) is 4. The van der Waals surface area contributed by atoms with Gasteiger partial charge in [0.05, 0.1) is 17.1 Å². The molecular formula is C13H21N5O2S. The standard InChI is InChI=1S/C13H21N5O2S/c1-4-18-10-13(7-12(18)9-14-2)21(19,20)15-8-11-5-6-17(3)16-11/h5-7,10,14-15H,4,8-9H2,1-3H3. The van der Waals surface area contributed by atoms with Crippen molar-refractivity contribution in [3.05, 3.63) is 35.9 Å². The fourth-order valence-corrected chi connectivity index (χ4v) is 3.17. The van der Waals surface area contributed by atoms with Gasteiger partial charge in [0.25, 0.3) is 0 Å². The fourth-order valence-electron chi connectivity index (χ4n) is 2.11. The van der Waals surface area contributed by atoms with Gasteiger partial charge in [-0.05, 0) is 26.1 Å². The van der Waals surface area contributed by atoms with E-state index in [4.69, 9.17) is 0 Å². The topological polar surface area (TPSA) is 81.0 Å². The smallest absolute Gasteiger partial charge is 0.242 e. The van der Waals surface area contributed by atoms with Crippen LogP contribution in [0.2, 0.25) is 0 Å². The van der Waals surface area contributed by atoms with Crippen LogP contribution in [0.15, 0.2) is 29.4 Å². The van der Waals surface area contributed by atoms with E-state index in [1.807, 2.05) is 18.5 Å². The van der Waals surface area contributed by atoms with Gasteiger partial charge in [-0.3, -0.25) is 4.68 Å². The molecule has 21 heavy (non-hydrogen) atoms. The Hall–Kier alpha value is -1.64. The average Bonchev–Trinajstić information content (AvgIpc) is 3.04. The minimum Gasteiger partial charge on any atom is -0.349 e. The number of nitrogens with zero attached hydrogens (tertiary/aromatic N) is 3. The van der Waals surface area contributed by atoms with Crippen molar-refractivity contribution in [1.29, 1.82) is 0 Å². The van der Waals surface area contributed by atoms with Crippen molar-refractivity contribution in [2.24, 2.45) is 7.05 Å². The highest BCUT2D eigenvalue weighted by molar-refractivity contribution is 7.89. The van der Waals surface area contributed by atoms with Gasteiger partial charge in [0.1, 0.15) is 0 Å². The first-order chi connectivity index (χ1) is 9.96. The Morgan fingerprint density at radius 2 is 2.10 bits per heavy atom. The minimum atomic E-state index is -3.53. The Morgan fingerprint density at radius 1 is 1.33 bits per heavy atom. The third-order valence-corrected chi connectivity index (χ3v) is 4.55. The zero-order chi connectivity index (χ0) is 15.5. The first-order valence-electron chi connectivity index (χ1n) is 6.78. The highest BCUT2D eigenvalue weighted by atomic mass is 32.2. The normalized spacial score (nSPS) is 12.0. The van der Waals surface area contributed by atoms with E-state index in [-0.39, 0.29) is 11.4 Å². The molecule has 2 aromatic heterocycles. The maximum Gasteiger partial charge on any atom is 0.242 e. The predicted octanol–water partition coefficient (Wildman–Crippen LogP) is 0.439. The largest absolute Gasteiger partial charge is 0.349 e. The summed E-state index contributed by atoms with van der Waals surface area (Å²) >= 11 is 0. The molecule has 116 valence electrons. The van der Waals surface area contributed by atoms with E-state index in [1.54, 1.807) is 36.3 Å². The molecule has 2 N–H and O–H groups in total. The maximum atomic E-state index is 12.3. The molecule has 0 spiro atoms. The lowest BCUT2D eigenvalue weighted by atomic mass is 10.4. The van der Waals surface area contributed by atoms with Crippen molar-refractivity contribution in [1.82, 2.24) is 24.4 Å². The first-order valence-corrected chi connectivity index (χ1v) is 8.26. The molecule has 8 heteroatoms. The Kier molecular flexibility index (Phi) is 4.81. The summed E-state index contributed by atoms with van der Waals surface area (Å²) in [4.78, 5) is 0.283. The summed E-state index contributed by atoms with van der Waals surface area (Å²) in [6.07, 6.45) is 3.44. The van der Waals surface area contributed by atoms with Gasteiger partial charge in [-0.2, -0.15) is 5.10 Å². The molecule has 0 aliphatic rings. The average molecular weight is 311 g/mol.